The third-order valence-corrected chi connectivity index (χ3v) is 12.5. The van der Waals surface area contributed by atoms with E-state index in [4.69, 9.17) is 0 Å². The average Bonchev–Trinajstić information content (AvgIpc) is 3.21. The van der Waals surface area contributed by atoms with E-state index in [1.54, 1.807) is 0 Å². The van der Waals surface area contributed by atoms with Crippen LogP contribution in [0.4, 0.5) is 0 Å². The summed E-state index contributed by atoms with van der Waals surface area (Å²) in [5.41, 5.74) is 0. The molecule has 59 heavy (non-hydrogen) atoms. The molecule has 0 aromatic heterocycles. The molecule has 0 bridgehead atoms. The van der Waals surface area contributed by atoms with Gasteiger partial charge in [-0.05, 0) is 25.7 Å². The van der Waals surface area contributed by atoms with Crippen molar-refractivity contribution in [3.05, 3.63) is 0 Å². The number of aliphatic carboxylic acids is 2. The molecule has 0 atom stereocenters. The van der Waals surface area contributed by atoms with E-state index >= 15 is 0 Å². The fourth-order valence-corrected chi connectivity index (χ4v) is 8.46. The van der Waals surface area contributed by atoms with Crippen LogP contribution in [0.5, 0.6) is 0 Å². The van der Waals surface area contributed by atoms with Gasteiger partial charge in [-0.3, -0.25) is 0 Å². The van der Waals surface area contributed by atoms with Crippen molar-refractivity contribution in [2.75, 3.05) is 0 Å². The first-order valence-electron chi connectivity index (χ1n) is 26.9. The Labute approximate surface area is 387 Å². The second-order valence-electron chi connectivity index (χ2n) is 18.5. The van der Waals surface area contributed by atoms with Crippen molar-refractivity contribution in [3.63, 3.8) is 0 Å². The fourth-order valence-electron chi connectivity index (χ4n) is 8.46. The molecule has 0 aliphatic carbocycles. The largest absolute Gasteiger partial charge is 2.00 e. The average molecular weight is 844 g/mol. The van der Waals surface area contributed by atoms with E-state index in [9.17, 15) is 19.8 Å². The standard InChI is InChI=1S/2C27H54O2.Mg/c2*1-2-3-4-5-6-7-8-9-10-11-12-13-14-15-16-17-18-19-20-21-22-23-24-25-26-27(28)29;/h2*2-26H2,1H3,(H,28,29);/q;;+2/p-2. The van der Waals surface area contributed by atoms with Crippen molar-refractivity contribution in [2.24, 2.45) is 0 Å². The first-order chi connectivity index (χ1) is 28.5. The van der Waals surface area contributed by atoms with Crippen molar-refractivity contribution < 1.29 is 19.8 Å². The van der Waals surface area contributed by atoms with Gasteiger partial charge in [-0.25, -0.2) is 0 Å². The number of hydrogen-bond acceptors (Lipinski definition) is 4. The molecule has 5 heteroatoms. The van der Waals surface area contributed by atoms with E-state index < -0.39 is 11.9 Å². The van der Waals surface area contributed by atoms with Gasteiger partial charge >= 0.3 is 23.1 Å². The minimum Gasteiger partial charge on any atom is -0.550 e. The molecule has 0 amide bonds. The summed E-state index contributed by atoms with van der Waals surface area (Å²) in [6.45, 7) is 4.58. The Morgan fingerprint density at radius 3 is 0.424 bits per heavy atom. The molecule has 0 saturated heterocycles. The maximum absolute atomic E-state index is 10.3. The zero-order valence-corrected chi connectivity index (χ0v) is 42.1. The minimum absolute atomic E-state index is 0. The molecule has 0 N–H and O–H groups in total. The quantitative estimate of drug-likeness (QED) is 0.0451. The molecule has 0 aliphatic heterocycles. The van der Waals surface area contributed by atoms with Crippen LogP contribution < -0.4 is 10.2 Å². The Morgan fingerprint density at radius 1 is 0.220 bits per heavy atom. The molecule has 0 aliphatic rings. The smallest absolute Gasteiger partial charge is 0.550 e. The minimum atomic E-state index is -0.899. The van der Waals surface area contributed by atoms with Gasteiger partial charge in [0.05, 0.1) is 0 Å². The summed E-state index contributed by atoms with van der Waals surface area (Å²) in [7, 11) is 0. The van der Waals surface area contributed by atoms with Gasteiger partial charge in [0.25, 0.3) is 0 Å². The van der Waals surface area contributed by atoms with Crippen molar-refractivity contribution in [1.82, 2.24) is 0 Å². The van der Waals surface area contributed by atoms with Gasteiger partial charge in [0.2, 0.25) is 0 Å². The third kappa shape index (κ3) is 67.0. The number of unbranched alkanes of at least 4 members (excludes halogenated alkanes) is 46. The monoisotopic (exact) mass is 843 g/mol. The van der Waals surface area contributed by atoms with Crippen LogP contribution in [0, 0.1) is 0 Å². The zero-order chi connectivity index (χ0) is 42.5. The van der Waals surface area contributed by atoms with Crippen LogP contribution in [0.2, 0.25) is 0 Å². The summed E-state index contributed by atoms with van der Waals surface area (Å²) in [6, 6.07) is 0. The topological polar surface area (TPSA) is 80.3 Å². The van der Waals surface area contributed by atoms with Crippen molar-refractivity contribution >= 4 is 35.0 Å². The molecule has 0 saturated carbocycles. The van der Waals surface area contributed by atoms with Gasteiger partial charge in [-0.1, -0.05) is 309 Å². The van der Waals surface area contributed by atoms with E-state index in [1.165, 1.54) is 283 Å². The molecule has 0 aromatic carbocycles. The van der Waals surface area contributed by atoms with E-state index in [2.05, 4.69) is 13.8 Å². The number of carboxylic acids is 2. The van der Waals surface area contributed by atoms with Gasteiger partial charge in [-0.2, -0.15) is 0 Å². The molecule has 4 nitrogen and oxygen atoms in total. The Morgan fingerprint density at radius 2 is 0.322 bits per heavy atom. The normalized spacial score (nSPS) is 11.0. The van der Waals surface area contributed by atoms with Crippen LogP contribution in [0.25, 0.3) is 0 Å². The SMILES string of the molecule is CCCCCCCCCCCCCCCCCCCCCCCCCCC(=O)[O-].CCCCCCCCCCCCCCCCCCCCCCCCCCC(=O)[O-].[Mg+2]. The maximum Gasteiger partial charge on any atom is 2.00 e. The van der Waals surface area contributed by atoms with Crippen LogP contribution in [0.15, 0.2) is 0 Å². The van der Waals surface area contributed by atoms with Crippen molar-refractivity contribution in [1.29, 1.82) is 0 Å². The third-order valence-electron chi connectivity index (χ3n) is 12.5. The number of rotatable bonds is 50. The molecular formula is C54H106MgO4. The van der Waals surface area contributed by atoms with Crippen LogP contribution in [0.1, 0.15) is 335 Å². The molecule has 0 aromatic rings. The van der Waals surface area contributed by atoms with Crippen molar-refractivity contribution in [3.8, 4) is 0 Å². The van der Waals surface area contributed by atoms with E-state index in [1.807, 2.05) is 0 Å². The predicted molar refractivity (Wildman–Crippen MR) is 258 cm³/mol. The first kappa shape index (κ1) is 63.0. The van der Waals surface area contributed by atoms with E-state index in [0.717, 1.165) is 25.7 Å². The number of carboxylic acid groups (broad SMARTS) is 2. The van der Waals surface area contributed by atoms with Gasteiger partial charge in [0.15, 0.2) is 0 Å². The Hall–Kier alpha value is -0.294. The fraction of sp³-hybridized carbons (Fsp3) is 0.963. The van der Waals surface area contributed by atoms with Crippen molar-refractivity contribution in [2.45, 2.75) is 335 Å². The summed E-state index contributed by atoms with van der Waals surface area (Å²) < 4.78 is 0. The molecule has 0 spiro atoms. The molecular weight excluding hydrogens is 737 g/mol. The van der Waals surface area contributed by atoms with Crippen LogP contribution in [-0.4, -0.2) is 35.0 Å². The second-order valence-corrected chi connectivity index (χ2v) is 18.5. The summed E-state index contributed by atoms with van der Waals surface area (Å²) in [4.78, 5) is 20.6. The Bertz CT molecular complexity index is 697. The Kier molecular flexibility index (Phi) is 63.8. The molecule has 348 valence electrons. The van der Waals surface area contributed by atoms with Crippen LogP contribution >= 0.6 is 0 Å². The van der Waals surface area contributed by atoms with Crippen LogP contribution in [-0.2, 0) is 9.59 Å². The van der Waals surface area contributed by atoms with Crippen LogP contribution in [0.3, 0.4) is 0 Å². The first-order valence-corrected chi connectivity index (χ1v) is 26.9. The summed E-state index contributed by atoms with van der Waals surface area (Å²) in [6.07, 6.45) is 66.3. The zero-order valence-electron chi connectivity index (χ0n) is 40.7. The molecule has 0 fully saturated rings. The molecule has 0 rings (SSSR count). The Balaban J connectivity index is -0.00000105. The maximum atomic E-state index is 10.3. The summed E-state index contributed by atoms with van der Waals surface area (Å²) in [5.74, 6) is -1.80. The van der Waals surface area contributed by atoms with E-state index in [0.29, 0.717) is 0 Å². The summed E-state index contributed by atoms with van der Waals surface area (Å²) in [5, 5.41) is 20.6. The molecule has 0 unspecified atom stereocenters. The number of carbonyl (C=O) groups is 2. The molecule has 0 radical (unpaired) electrons. The molecule has 0 heterocycles. The number of carbonyl (C=O) groups excluding carboxylic acids is 2. The van der Waals surface area contributed by atoms with Gasteiger partial charge < -0.3 is 19.8 Å². The van der Waals surface area contributed by atoms with E-state index in [-0.39, 0.29) is 35.9 Å². The van der Waals surface area contributed by atoms with Gasteiger partial charge in [0.1, 0.15) is 0 Å². The summed E-state index contributed by atoms with van der Waals surface area (Å²) >= 11 is 0. The van der Waals surface area contributed by atoms with Gasteiger partial charge in [0, 0.05) is 11.9 Å². The predicted octanol–water partition coefficient (Wildman–Crippen LogP) is 16.6. The number of hydrogen-bond donors (Lipinski definition) is 0. The second kappa shape index (κ2) is 59.8. The van der Waals surface area contributed by atoms with Gasteiger partial charge in [-0.15, -0.1) is 0 Å².